The molecule has 0 atom stereocenters. The molecule has 0 radical (unpaired) electrons. The number of primary amides is 1. The van der Waals surface area contributed by atoms with Gasteiger partial charge in [0.15, 0.2) is 4.67 Å². The van der Waals surface area contributed by atoms with Crippen molar-refractivity contribution in [3.8, 4) is 0 Å². The van der Waals surface area contributed by atoms with Gasteiger partial charge in [0.2, 0.25) is 0 Å². The third-order valence-electron chi connectivity index (χ3n) is 2.25. The van der Waals surface area contributed by atoms with E-state index in [0.29, 0.717) is 16.9 Å². The zero-order valence-corrected chi connectivity index (χ0v) is 11.0. The Hall–Kier alpha value is -1.95. The fraction of sp³-hybridized carbons (Fsp3) is 0.0833. The van der Waals surface area contributed by atoms with Gasteiger partial charge in [-0.2, -0.15) is 0 Å². The number of carbonyl (C=O) groups excluding carboxylic acids is 1. The lowest BCUT2D eigenvalue weighted by Gasteiger charge is -2.06. The Labute approximate surface area is 112 Å². The summed E-state index contributed by atoms with van der Waals surface area (Å²) in [5.74, 6) is 0.834. The van der Waals surface area contributed by atoms with Crippen LogP contribution < -0.4 is 16.4 Å². The van der Waals surface area contributed by atoms with Crippen LogP contribution in [0.3, 0.4) is 0 Å². The summed E-state index contributed by atoms with van der Waals surface area (Å²) in [6, 6.07) is 10.4. The molecule has 2 aromatic rings. The molecule has 2 amide bonds. The first-order valence-corrected chi connectivity index (χ1v) is 6.07. The number of amides is 2. The summed E-state index contributed by atoms with van der Waals surface area (Å²) in [5.41, 5.74) is 6.61. The number of halogens is 1. The number of carbonyl (C=O) groups is 1. The minimum absolute atomic E-state index is 0.573. The van der Waals surface area contributed by atoms with Crippen molar-refractivity contribution >= 4 is 33.3 Å². The molecule has 0 spiro atoms. The summed E-state index contributed by atoms with van der Waals surface area (Å²) in [5, 5.41) is 5.69. The maximum atomic E-state index is 10.6. The van der Waals surface area contributed by atoms with E-state index in [1.807, 2.05) is 24.3 Å². The zero-order valence-electron chi connectivity index (χ0n) is 9.44. The van der Waals surface area contributed by atoms with Crippen LogP contribution in [0.5, 0.6) is 0 Å². The molecule has 1 heterocycles. The van der Waals surface area contributed by atoms with Gasteiger partial charge in [0.1, 0.15) is 5.76 Å². The Morgan fingerprint density at radius 2 is 1.83 bits per heavy atom. The van der Waals surface area contributed by atoms with Crippen LogP contribution >= 0.6 is 15.9 Å². The lowest BCUT2D eigenvalue weighted by molar-refractivity contribution is 0.259. The summed E-state index contributed by atoms with van der Waals surface area (Å²) in [6.07, 6.45) is 0. The van der Waals surface area contributed by atoms with Gasteiger partial charge in [-0.05, 0) is 52.3 Å². The van der Waals surface area contributed by atoms with Crippen LogP contribution in [0.2, 0.25) is 0 Å². The Balaban J connectivity index is 1.92. The molecule has 0 aliphatic rings. The van der Waals surface area contributed by atoms with Gasteiger partial charge < -0.3 is 20.8 Å². The van der Waals surface area contributed by atoms with E-state index in [2.05, 4.69) is 26.6 Å². The van der Waals surface area contributed by atoms with Crippen LogP contribution in [0.4, 0.5) is 16.2 Å². The highest BCUT2D eigenvalue weighted by Crippen LogP contribution is 2.17. The monoisotopic (exact) mass is 309 g/mol. The predicted molar refractivity (Wildman–Crippen MR) is 73.4 cm³/mol. The molecular formula is C12H12BrN3O2. The summed E-state index contributed by atoms with van der Waals surface area (Å²) in [6.45, 7) is 0.591. The second-order valence-electron chi connectivity index (χ2n) is 3.63. The first kappa shape index (κ1) is 12.5. The van der Waals surface area contributed by atoms with E-state index in [4.69, 9.17) is 10.2 Å². The molecule has 5 nitrogen and oxygen atoms in total. The summed E-state index contributed by atoms with van der Waals surface area (Å²) in [7, 11) is 0. The number of furan rings is 1. The number of hydrogen-bond donors (Lipinski definition) is 3. The summed E-state index contributed by atoms with van der Waals surface area (Å²) in [4.78, 5) is 10.6. The van der Waals surface area contributed by atoms with Crippen molar-refractivity contribution in [2.24, 2.45) is 5.73 Å². The van der Waals surface area contributed by atoms with Crippen molar-refractivity contribution in [1.29, 1.82) is 0 Å². The van der Waals surface area contributed by atoms with Crippen LogP contribution in [0.1, 0.15) is 5.76 Å². The van der Waals surface area contributed by atoms with Gasteiger partial charge in [-0.15, -0.1) is 0 Å². The maximum Gasteiger partial charge on any atom is 0.316 e. The fourth-order valence-corrected chi connectivity index (χ4v) is 1.79. The fourth-order valence-electron chi connectivity index (χ4n) is 1.45. The van der Waals surface area contributed by atoms with Crippen molar-refractivity contribution in [2.75, 3.05) is 10.6 Å². The SMILES string of the molecule is NC(=O)Nc1ccc(NCc2ccc(Br)o2)cc1. The van der Waals surface area contributed by atoms with Crippen LogP contribution in [-0.4, -0.2) is 6.03 Å². The average Bonchev–Trinajstić information content (AvgIpc) is 2.74. The quantitative estimate of drug-likeness (QED) is 0.811. The number of anilines is 2. The molecule has 0 unspecified atom stereocenters. The van der Waals surface area contributed by atoms with E-state index in [0.717, 1.165) is 11.4 Å². The Bertz CT molecular complexity index is 537. The largest absolute Gasteiger partial charge is 0.452 e. The van der Waals surface area contributed by atoms with Gasteiger partial charge in [-0.1, -0.05) is 0 Å². The third-order valence-corrected chi connectivity index (χ3v) is 2.67. The zero-order chi connectivity index (χ0) is 13.0. The minimum Gasteiger partial charge on any atom is -0.452 e. The molecule has 0 saturated heterocycles. The van der Waals surface area contributed by atoms with E-state index in [1.54, 1.807) is 12.1 Å². The highest BCUT2D eigenvalue weighted by atomic mass is 79.9. The average molecular weight is 310 g/mol. The Kier molecular flexibility index (Phi) is 3.88. The molecule has 0 bridgehead atoms. The molecular weight excluding hydrogens is 298 g/mol. The molecule has 18 heavy (non-hydrogen) atoms. The molecule has 4 N–H and O–H groups in total. The van der Waals surface area contributed by atoms with Crippen LogP contribution in [0.15, 0.2) is 45.5 Å². The smallest absolute Gasteiger partial charge is 0.316 e. The standard InChI is InChI=1S/C12H12BrN3O2/c13-11-6-5-10(18-11)7-15-8-1-3-9(4-2-8)16-12(14)17/h1-6,15H,7H2,(H3,14,16,17). The summed E-state index contributed by atoms with van der Waals surface area (Å²) >= 11 is 3.24. The molecule has 1 aromatic heterocycles. The molecule has 0 aliphatic carbocycles. The second kappa shape index (κ2) is 5.59. The van der Waals surface area contributed by atoms with Gasteiger partial charge in [-0.25, -0.2) is 4.79 Å². The van der Waals surface area contributed by atoms with Gasteiger partial charge in [0.25, 0.3) is 0 Å². The van der Waals surface area contributed by atoms with E-state index < -0.39 is 6.03 Å². The maximum absolute atomic E-state index is 10.6. The second-order valence-corrected chi connectivity index (χ2v) is 4.41. The third kappa shape index (κ3) is 3.53. The topological polar surface area (TPSA) is 80.3 Å². The minimum atomic E-state index is -0.573. The predicted octanol–water partition coefficient (Wildman–Crippen LogP) is 3.14. The number of benzene rings is 1. The van der Waals surface area contributed by atoms with Crippen molar-refractivity contribution < 1.29 is 9.21 Å². The highest BCUT2D eigenvalue weighted by molar-refractivity contribution is 9.10. The molecule has 6 heteroatoms. The van der Waals surface area contributed by atoms with Crippen molar-refractivity contribution in [3.05, 3.63) is 46.8 Å². The van der Waals surface area contributed by atoms with Crippen LogP contribution in [-0.2, 0) is 6.54 Å². The lowest BCUT2D eigenvalue weighted by Crippen LogP contribution is -2.19. The number of urea groups is 1. The van der Waals surface area contributed by atoms with E-state index in [1.165, 1.54) is 0 Å². The number of rotatable bonds is 4. The highest BCUT2D eigenvalue weighted by Gasteiger charge is 2.00. The first-order chi connectivity index (χ1) is 8.63. The number of hydrogen-bond acceptors (Lipinski definition) is 3. The Morgan fingerprint density at radius 1 is 1.17 bits per heavy atom. The molecule has 0 fully saturated rings. The number of nitrogens with one attached hydrogen (secondary N) is 2. The number of nitrogens with two attached hydrogens (primary N) is 1. The van der Waals surface area contributed by atoms with Crippen molar-refractivity contribution in [2.45, 2.75) is 6.54 Å². The molecule has 0 saturated carbocycles. The van der Waals surface area contributed by atoms with Gasteiger partial charge in [0, 0.05) is 11.4 Å². The van der Waals surface area contributed by atoms with Gasteiger partial charge in [-0.3, -0.25) is 0 Å². The molecule has 2 rings (SSSR count). The first-order valence-electron chi connectivity index (χ1n) is 5.28. The van der Waals surface area contributed by atoms with Crippen molar-refractivity contribution in [1.82, 2.24) is 0 Å². The van der Waals surface area contributed by atoms with Crippen LogP contribution in [0, 0.1) is 0 Å². The van der Waals surface area contributed by atoms with Crippen LogP contribution in [0.25, 0.3) is 0 Å². The van der Waals surface area contributed by atoms with E-state index in [9.17, 15) is 4.79 Å². The summed E-state index contributed by atoms with van der Waals surface area (Å²) < 4.78 is 6.07. The van der Waals surface area contributed by atoms with E-state index in [-0.39, 0.29) is 0 Å². The van der Waals surface area contributed by atoms with Gasteiger partial charge in [0.05, 0.1) is 6.54 Å². The van der Waals surface area contributed by atoms with E-state index >= 15 is 0 Å². The van der Waals surface area contributed by atoms with Crippen molar-refractivity contribution in [3.63, 3.8) is 0 Å². The van der Waals surface area contributed by atoms with Gasteiger partial charge >= 0.3 is 6.03 Å². The normalized spacial score (nSPS) is 10.1. The molecule has 0 aliphatic heterocycles. The Morgan fingerprint density at radius 3 is 2.39 bits per heavy atom. The molecule has 1 aromatic carbocycles. The lowest BCUT2D eigenvalue weighted by atomic mass is 10.2. The molecule has 94 valence electrons.